The second-order valence-corrected chi connectivity index (χ2v) is 5.15. The first-order valence-corrected chi connectivity index (χ1v) is 7.01. The van der Waals surface area contributed by atoms with Gasteiger partial charge in [0.15, 0.2) is 11.5 Å². The first-order chi connectivity index (χ1) is 10.8. The predicted octanol–water partition coefficient (Wildman–Crippen LogP) is 3.26. The Bertz CT molecular complexity index is 973. The largest absolute Gasteiger partial charge is 0.497 e. The molecule has 5 heteroatoms. The van der Waals surface area contributed by atoms with Gasteiger partial charge >= 0.3 is 0 Å². The van der Waals surface area contributed by atoms with Crippen molar-refractivity contribution in [2.45, 2.75) is 6.92 Å². The maximum Gasteiger partial charge on any atom is 0.182 e. The number of aryl methyl sites for hydroxylation is 1. The first-order valence-electron chi connectivity index (χ1n) is 7.01. The van der Waals surface area contributed by atoms with Gasteiger partial charge in [-0.2, -0.15) is 0 Å². The molecule has 2 aromatic carbocycles. The Labute approximate surface area is 127 Å². The molecule has 0 saturated heterocycles. The average Bonchev–Trinajstić information content (AvgIpc) is 2.99. The maximum atomic E-state index is 5.18. The zero-order chi connectivity index (χ0) is 15.1. The van der Waals surface area contributed by atoms with E-state index in [1.165, 1.54) is 0 Å². The van der Waals surface area contributed by atoms with Crippen molar-refractivity contribution in [1.29, 1.82) is 0 Å². The van der Waals surface area contributed by atoms with Gasteiger partial charge in [0.25, 0.3) is 0 Å². The number of methoxy groups -OCH3 is 1. The van der Waals surface area contributed by atoms with Gasteiger partial charge in [-0.15, -0.1) is 5.10 Å². The molecule has 2 aromatic heterocycles. The summed E-state index contributed by atoms with van der Waals surface area (Å²) in [6.07, 6.45) is 1.71. The van der Waals surface area contributed by atoms with E-state index in [1.54, 1.807) is 18.0 Å². The number of ether oxygens (including phenoxy) is 1. The Balaban J connectivity index is 1.94. The monoisotopic (exact) mass is 290 g/mol. The third-order valence-electron chi connectivity index (χ3n) is 3.76. The summed E-state index contributed by atoms with van der Waals surface area (Å²) < 4.78 is 6.91. The molecule has 108 valence electrons. The highest BCUT2D eigenvalue weighted by Gasteiger charge is 2.11. The lowest BCUT2D eigenvalue weighted by molar-refractivity contribution is 0.415. The van der Waals surface area contributed by atoms with E-state index in [0.29, 0.717) is 5.82 Å². The van der Waals surface area contributed by atoms with Gasteiger partial charge in [0, 0.05) is 10.9 Å². The summed E-state index contributed by atoms with van der Waals surface area (Å²) >= 11 is 0. The third-order valence-corrected chi connectivity index (χ3v) is 3.76. The fourth-order valence-electron chi connectivity index (χ4n) is 2.60. The number of hydrogen-bond donors (Lipinski definition) is 0. The molecule has 0 radical (unpaired) electrons. The average molecular weight is 290 g/mol. The summed E-state index contributed by atoms with van der Waals surface area (Å²) in [5.74, 6) is 1.50. The van der Waals surface area contributed by atoms with Crippen LogP contribution in [0.2, 0.25) is 0 Å². The summed E-state index contributed by atoms with van der Waals surface area (Å²) in [6, 6.07) is 13.8. The van der Waals surface area contributed by atoms with Gasteiger partial charge in [-0.25, -0.2) is 14.5 Å². The minimum absolute atomic E-state index is 0.681. The summed E-state index contributed by atoms with van der Waals surface area (Å²) in [4.78, 5) is 9.14. The normalized spacial score (nSPS) is 11.2. The van der Waals surface area contributed by atoms with Crippen LogP contribution in [0.4, 0.5) is 0 Å². The van der Waals surface area contributed by atoms with Crippen LogP contribution in [-0.4, -0.2) is 26.7 Å². The summed E-state index contributed by atoms with van der Waals surface area (Å²) in [6.45, 7) is 2.06. The van der Waals surface area contributed by atoms with Crippen LogP contribution >= 0.6 is 0 Å². The molecule has 0 amide bonds. The fraction of sp³-hybridized carbons (Fsp3) is 0.118. The molecule has 0 unspecified atom stereocenters. The molecule has 0 bridgehead atoms. The van der Waals surface area contributed by atoms with Gasteiger partial charge in [-0.1, -0.05) is 12.1 Å². The molecule has 0 atom stereocenters. The standard InChI is InChI=1S/C17H14N4O/c1-11-4-3-5-14-15(11)17-19-16(20-21(17)10-18-14)12-6-8-13(22-2)9-7-12/h3-10H,1-2H3. The van der Waals surface area contributed by atoms with Crippen molar-refractivity contribution in [3.63, 3.8) is 0 Å². The Kier molecular flexibility index (Phi) is 2.79. The number of aromatic nitrogens is 4. The Morgan fingerprint density at radius 1 is 1.05 bits per heavy atom. The zero-order valence-electron chi connectivity index (χ0n) is 12.3. The van der Waals surface area contributed by atoms with E-state index in [4.69, 9.17) is 9.72 Å². The van der Waals surface area contributed by atoms with Crippen LogP contribution in [0.25, 0.3) is 27.9 Å². The molecule has 5 nitrogen and oxygen atoms in total. The SMILES string of the molecule is COc1ccc(-c2nc3c4c(C)cccc4ncn3n2)cc1. The van der Waals surface area contributed by atoms with Crippen molar-refractivity contribution in [2.24, 2.45) is 0 Å². The number of rotatable bonds is 2. The molecular formula is C17H14N4O. The van der Waals surface area contributed by atoms with E-state index >= 15 is 0 Å². The van der Waals surface area contributed by atoms with E-state index in [-0.39, 0.29) is 0 Å². The Hall–Kier alpha value is -2.95. The molecule has 0 aliphatic rings. The summed E-state index contributed by atoms with van der Waals surface area (Å²) in [5.41, 5.74) is 3.85. The van der Waals surface area contributed by atoms with Crippen LogP contribution in [0.3, 0.4) is 0 Å². The minimum atomic E-state index is 0.681. The van der Waals surface area contributed by atoms with Gasteiger partial charge in [-0.3, -0.25) is 0 Å². The van der Waals surface area contributed by atoms with E-state index < -0.39 is 0 Å². The van der Waals surface area contributed by atoms with Gasteiger partial charge in [-0.05, 0) is 42.8 Å². The zero-order valence-corrected chi connectivity index (χ0v) is 12.3. The van der Waals surface area contributed by atoms with E-state index in [2.05, 4.69) is 23.1 Å². The summed E-state index contributed by atoms with van der Waals surface area (Å²) in [7, 11) is 1.65. The van der Waals surface area contributed by atoms with Crippen molar-refractivity contribution in [3.05, 3.63) is 54.4 Å². The number of fused-ring (bicyclic) bond motifs is 3. The van der Waals surface area contributed by atoms with Crippen LogP contribution in [0.5, 0.6) is 5.75 Å². The van der Waals surface area contributed by atoms with E-state index in [9.17, 15) is 0 Å². The molecule has 4 aromatic rings. The first kappa shape index (κ1) is 12.8. The maximum absolute atomic E-state index is 5.18. The molecule has 4 rings (SSSR count). The van der Waals surface area contributed by atoms with Crippen molar-refractivity contribution in [1.82, 2.24) is 19.6 Å². The quantitative estimate of drug-likeness (QED) is 0.568. The predicted molar refractivity (Wildman–Crippen MR) is 85.0 cm³/mol. The van der Waals surface area contributed by atoms with E-state index in [0.717, 1.165) is 33.4 Å². The molecule has 22 heavy (non-hydrogen) atoms. The second kappa shape index (κ2) is 4.80. The van der Waals surface area contributed by atoms with Crippen molar-refractivity contribution in [3.8, 4) is 17.1 Å². The topological polar surface area (TPSA) is 52.3 Å². The molecule has 0 aliphatic heterocycles. The Morgan fingerprint density at radius 3 is 2.64 bits per heavy atom. The van der Waals surface area contributed by atoms with Crippen LogP contribution in [0.15, 0.2) is 48.8 Å². The van der Waals surface area contributed by atoms with Crippen molar-refractivity contribution < 1.29 is 4.74 Å². The lowest BCUT2D eigenvalue weighted by Crippen LogP contribution is -1.92. The molecule has 0 spiro atoms. The third kappa shape index (κ3) is 1.90. The van der Waals surface area contributed by atoms with Crippen molar-refractivity contribution >= 4 is 16.6 Å². The molecule has 0 N–H and O–H groups in total. The van der Waals surface area contributed by atoms with E-state index in [1.807, 2.05) is 36.4 Å². The molecule has 0 aliphatic carbocycles. The van der Waals surface area contributed by atoms with Crippen LogP contribution in [-0.2, 0) is 0 Å². The van der Waals surface area contributed by atoms with Gasteiger partial charge in [0.05, 0.1) is 12.6 Å². The lowest BCUT2D eigenvalue weighted by Gasteiger charge is -2.01. The van der Waals surface area contributed by atoms with Crippen molar-refractivity contribution in [2.75, 3.05) is 7.11 Å². The molecule has 2 heterocycles. The highest BCUT2D eigenvalue weighted by atomic mass is 16.5. The fourth-order valence-corrected chi connectivity index (χ4v) is 2.60. The number of nitrogens with zero attached hydrogens (tertiary/aromatic N) is 4. The second-order valence-electron chi connectivity index (χ2n) is 5.15. The van der Waals surface area contributed by atoms with Gasteiger partial charge in [0.2, 0.25) is 0 Å². The number of benzene rings is 2. The Morgan fingerprint density at radius 2 is 1.86 bits per heavy atom. The number of hydrogen-bond acceptors (Lipinski definition) is 4. The van der Waals surface area contributed by atoms with Crippen LogP contribution in [0, 0.1) is 6.92 Å². The highest BCUT2D eigenvalue weighted by Crippen LogP contribution is 2.24. The smallest absolute Gasteiger partial charge is 0.182 e. The van der Waals surface area contributed by atoms with Crippen LogP contribution in [0.1, 0.15) is 5.56 Å². The highest BCUT2D eigenvalue weighted by molar-refractivity contribution is 5.94. The summed E-state index contributed by atoms with van der Waals surface area (Å²) in [5, 5.41) is 5.57. The van der Waals surface area contributed by atoms with Crippen LogP contribution < -0.4 is 4.74 Å². The molecule has 0 saturated carbocycles. The van der Waals surface area contributed by atoms with Gasteiger partial charge in [0.1, 0.15) is 12.1 Å². The molecular weight excluding hydrogens is 276 g/mol. The van der Waals surface area contributed by atoms with Gasteiger partial charge < -0.3 is 4.74 Å². The molecule has 0 fully saturated rings. The minimum Gasteiger partial charge on any atom is -0.497 e. The lowest BCUT2D eigenvalue weighted by atomic mass is 10.1.